The standard InChI is InChI=1S/C17H22N4O3.ClH/c1-11(8-18)9-19-14(22)10-21-15(23)17(20-16(21)24)7-6-12-4-2-3-5-13(12)17;/h2-5,11H,6-10,18H2,1H3,(H,19,22)(H,20,24);1H. The SMILES string of the molecule is CC(CN)CNC(=O)CN1C(=O)NC2(CCc3ccccc32)C1=O.Cl. The van der Waals surface area contributed by atoms with Gasteiger partial charge in [-0.25, -0.2) is 4.79 Å². The zero-order valence-electron chi connectivity index (χ0n) is 14.1. The number of nitrogens with two attached hydrogens (primary N) is 1. The second-order valence-electron chi connectivity index (χ2n) is 6.53. The van der Waals surface area contributed by atoms with Crippen molar-refractivity contribution in [2.75, 3.05) is 19.6 Å². The van der Waals surface area contributed by atoms with Gasteiger partial charge >= 0.3 is 6.03 Å². The number of rotatable bonds is 5. The van der Waals surface area contributed by atoms with E-state index in [0.717, 1.165) is 22.4 Å². The van der Waals surface area contributed by atoms with Crippen LogP contribution in [-0.2, 0) is 21.5 Å². The molecule has 0 saturated carbocycles. The van der Waals surface area contributed by atoms with E-state index in [9.17, 15) is 14.4 Å². The third-order valence-corrected chi connectivity index (χ3v) is 4.77. The van der Waals surface area contributed by atoms with Crippen LogP contribution in [0.2, 0.25) is 0 Å². The first-order valence-electron chi connectivity index (χ1n) is 8.17. The van der Waals surface area contributed by atoms with Gasteiger partial charge in [-0.15, -0.1) is 12.4 Å². The van der Waals surface area contributed by atoms with E-state index in [1.54, 1.807) is 0 Å². The monoisotopic (exact) mass is 366 g/mol. The molecule has 2 aliphatic rings. The molecule has 1 aliphatic heterocycles. The maximum absolute atomic E-state index is 12.9. The summed E-state index contributed by atoms with van der Waals surface area (Å²) in [4.78, 5) is 38.2. The Morgan fingerprint density at radius 1 is 1.40 bits per heavy atom. The topological polar surface area (TPSA) is 105 Å². The molecule has 3 rings (SSSR count). The average Bonchev–Trinajstić information content (AvgIpc) is 3.07. The molecule has 1 aromatic carbocycles. The van der Waals surface area contributed by atoms with Crippen LogP contribution in [0.5, 0.6) is 0 Å². The van der Waals surface area contributed by atoms with Crippen molar-refractivity contribution >= 4 is 30.3 Å². The van der Waals surface area contributed by atoms with Gasteiger partial charge in [0.1, 0.15) is 12.1 Å². The Morgan fingerprint density at radius 3 is 2.84 bits per heavy atom. The first-order valence-corrected chi connectivity index (χ1v) is 8.17. The fourth-order valence-corrected chi connectivity index (χ4v) is 3.30. The molecule has 8 heteroatoms. The second-order valence-corrected chi connectivity index (χ2v) is 6.53. The van der Waals surface area contributed by atoms with Crippen molar-refractivity contribution in [3.63, 3.8) is 0 Å². The molecule has 25 heavy (non-hydrogen) atoms. The van der Waals surface area contributed by atoms with Crippen molar-refractivity contribution in [1.29, 1.82) is 0 Å². The third-order valence-electron chi connectivity index (χ3n) is 4.77. The van der Waals surface area contributed by atoms with Gasteiger partial charge in [0, 0.05) is 6.54 Å². The highest BCUT2D eigenvalue weighted by Crippen LogP contribution is 2.41. The molecule has 7 nitrogen and oxygen atoms in total. The Labute approximate surface area is 152 Å². The van der Waals surface area contributed by atoms with Crippen LogP contribution < -0.4 is 16.4 Å². The van der Waals surface area contributed by atoms with Gasteiger partial charge in [0.15, 0.2) is 0 Å². The number of aryl methyl sites for hydroxylation is 1. The zero-order chi connectivity index (χ0) is 17.3. The van der Waals surface area contributed by atoms with E-state index in [2.05, 4.69) is 10.6 Å². The summed E-state index contributed by atoms with van der Waals surface area (Å²) >= 11 is 0. The van der Waals surface area contributed by atoms with Gasteiger partial charge in [-0.05, 0) is 36.4 Å². The number of hydrogen-bond acceptors (Lipinski definition) is 4. The number of hydrogen-bond donors (Lipinski definition) is 3. The van der Waals surface area contributed by atoms with Crippen molar-refractivity contribution in [2.24, 2.45) is 11.7 Å². The minimum absolute atomic E-state index is 0. The smallest absolute Gasteiger partial charge is 0.325 e. The number of halogens is 1. The van der Waals surface area contributed by atoms with Crippen LogP contribution in [0.15, 0.2) is 24.3 Å². The summed E-state index contributed by atoms with van der Waals surface area (Å²) in [5.41, 5.74) is 6.39. The Bertz CT molecular complexity index is 696. The molecule has 1 aromatic rings. The highest BCUT2D eigenvalue weighted by molar-refractivity contribution is 6.09. The number of benzene rings is 1. The van der Waals surface area contributed by atoms with E-state index in [4.69, 9.17) is 5.73 Å². The summed E-state index contributed by atoms with van der Waals surface area (Å²) in [6.07, 6.45) is 1.26. The predicted octanol–water partition coefficient (Wildman–Crippen LogP) is 0.513. The van der Waals surface area contributed by atoms with Gasteiger partial charge in [-0.3, -0.25) is 14.5 Å². The number of urea groups is 1. The maximum Gasteiger partial charge on any atom is 0.325 e. The normalized spacial score (nSPS) is 22.4. The molecule has 2 unspecified atom stereocenters. The predicted molar refractivity (Wildman–Crippen MR) is 95.2 cm³/mol. The summed E-state index contributed by atoms with van der Waals surface area (Å²) in [6.45, 7) is 2.53. The van der Waals surface area contributed by atoms with E-state index in [1.807, 2.05) is 31.2 Å². The number of carbonyl (C=O) groups is 3. The molecule has 0 radical (unpaired) electrons. The molecule has 0 bridgehead atoms. The number of fused-ring (bicyclic) bond motifs is 2. The Hall–Kier alpha value is -2.12. The van der Waals surface area contributed by atoms with E-state index in [-0.39, 0.29) is 36.7 Å². The summed E-state index contributed by atoms with van der Waals surface area (Å²) in [6, 6.07) is 7.09. The molecule has 1 saturated heterocycles. The summed E-state index contributed by atoms with van der Waals surface area (Å²) in [5.74, 6) is -0.563. The molecule has 136 valence electrons. The van der Waals surface area contributed by atoms with Gasteiger partial charge in [0.05, 0.1) is 0 Å². The van der Waals surface area contributed by atoms with E-state index >= 15 is 0 Å². The van der Waals surface area contributed by atoms with Crippen LogP contribution in [0.25, 0.3) is 0 Å². The summed E-state index contributed by atoms with van der Waals surface area (Å²) in [7, 11) is 0. The van der Waals surface area contributed by atoms with Crippen LogP contribution in [0.3, 0.4) is 0 Å². The lowest BCUT2D eigenvalue weighted by Crippen LogP contribution is -2.44. The van der Waals surface area contributed by atoms with E-state index in [1.165, 1.54) is 0 Å². The van der Waals surface area contributed by atoms with Crippen LogP contribution in [0, 0.1) is 5.92 Å². The van der Waals surface area contributed by atoms with Crippen molar-refractivity contribution in [1.82, 2.24) is 15.5 Å². The highest BCUT2D eigenvalue weighted by atomic mass is 35.5. The maximum atomic E-state index is 12.9. The lowest BCUT2D eigenvalue weighted by atomic mass is 9.92. The Balaban J connectivity index is 0.00000225. The molecule has 4 N–H and O–H groups in total. The van der Waals surface area contributed by atoms with Crippen LogP contribution in [-0.4, -0.2) is 42.4 Å². The van der Waals surface area contributed by atoms with Gasteiger partial charge in [0.25, 0.3) is 5.91 Å². The molecule has 2 atom stereocenters. The largest absolute Gasteiger partial charge is 0.354 e. The molecule has 1 heterocycles. The molecule has 1 aliphatic carbocycles. The summed E-state index contributed by atoms with van der Waals surface area (Å²) < 4.78 is 0. The minimum Gasteiger partial charge on any atom is -0.354 e. The van der Waals surface area contributed by atoms with Crippen LogP contribution in [0.1, 0.15) is 24.5 Å². The number of carbonyl (C=O) groups excluding carboxylic acids is 3. The van der Waals surface area contributed by atoms with Crippen molar-refractivity contribution in [3.05, 3.63) is 35.4 Å². The van der Waals surface area contributed by atoms with Gasteiger partial charge in [-0.2, -0.15) is 0 Å². The fourth-order valence-electron chi connectivity index (χ4n) is 3.30. The van der Waals surface area contributed by atoms with Gasteiger partial charge in [-0.1, -0.05) is 31.2 Å². The van der Waals surface area contributed by atoms with Crippen molar-refractivity contribution in [2.45, 2.75) is 25.3 Å². The Morgan fingerprint density at radius 2 is 2.12 bits per heavy atom. The second kappa shape index (κ2) is 7.41. The zero-order valence-corrected chi connectivity index (χ0v) is 14.9. The van der Waals surface area contributed by atoms with Crippen LogP contribution >= 0.6 is 12.4 Å². The molecular formula is C17H23ClN4O3. The molecular weight excluding hydrogens is 344 g/mol. The summed E-state index contributed by atoms with van der Waals surface area (Å²) in [5, 5.41) is 5.51. The van der Waals surface area contributed by atoms with Crippen molar-refractivity contribution in [3.8, 4) is 0 Å². The number of nitrogens with zero attached hydrogens (tertiary/aromatic N) is 1. The van der Waals surface area contributed by atoms with E-state index in [0.29, 0.717) is 19.5 Å². The minimum atomic E-state index is -1.02. The van der Waals surface area contributed by atoms with Crippen molar-refractivity contribution < 1.29 is 14.4 Å². The van der Waals surface area contributed by atoms with Crippen LogP contribution in [0.4, 0.5) is 4.79 Å². The van der Waals surface area contributed by atoms with E-state index < -0.39 is 11.6 Å². The Kier molecular flexibility index (Phi) is 5.69. The fraction of sp³-hybridized carbons (Fsp3) is 0.471. The lowest BCUT2D eigenvalue weighted by molar-refractivity contribution is -0.135. The highest BCUT2D eigenvalue weighted by Gasteiger charge is 2.55. The first kappa shape index (κ1) is 19.2. The third kappa shape index (κ3) is 3.34. The molecule has 0 aromatic heterocycles. The average molecular weight is 367 g/mol. The lowest BCUT2D eigenvalue weighted by Gasteiger charge is -2.22. The number of imide groups is 1. The number of nitrogens with one attached hydrogen (secondary N) is 2. The molecule has 1 fully saturated rings. The van der Waals surface area contributed by atoms with Gasteiger partial charge < -0.3 is 16.4 Å². The number of amides is 4. The molecule has 4 amide bonds. The first-order chi connectivity index (χ1) is 11.5. The molecule has 1 spiro atoms. The van der Waals surface area contributed by atoms with Gasteiger partial charge in [0.2, 0.25) is 5.91 Å². The quantitative estimate of drug-likeness (QED) is 0.660.